The van der Waals surface area contributed by atoms with Gasteiger partial charge in [0.2, 0.25) is 17.6 Å². The Balaban J connectivity index is 1.78. The van der Waals surface area contributed by atoms with Crippen molar-refractivity contribution in [2.75, 3.05) is 31.7 Å². The normalized spacial score (nSPS) is 17.6. The highest BCUT2D eigenvalue weighted by molar-refractivity contribution is 7.99. The molecule has 1 saturated heterocycles. The zero-order valence-electron chi connectivity index (χ0n) is 12.2. The predicted octanol–water partition coefficient (Wildman–Crippen LogP) is 2.25. The van der Waals surface area contributed by atoms with Crippen LogP contribution >= 0.6 is 11.8 Å². The van der Waals surface area contributed by atoms with Gasteiger partial charge in [-0.25, -0.2) is 4.98 Å². The summed E-state index contributed by atoms with van der Waals surface area (Å²) in [5, 5.41) is 4.08. The summed E-state index contributed by atoms with van der Waals surface area (Å²) in [6.45, 7) is 4.24. The van der Waals surface area contributed by atoms with E-state index in [0.29, 0.717) is 17.6 Å². The summed E-state index contributed by atoms with van der Waals surface area (Å²) in [5.41, 5.74) is 0.846. The fraction of sp³-hybridized carbons (Fsp3) is 0.500. The van der Waals surface area contributed by atoms with E-state index in [9.17, 15) is 0 Å². The Kier molecular flexibility index (Phi) is 4.40. The molecule has 112 valence electrons. The SMILES string of the molecule is COc1cc(-c2noc([C@@H](C)N3CCSCC3)n2)ccn1. The first-order valence-electron chi connectivity index (χ1n) is 6.94. The van der Waals surface area contributed by atoms with Crippen molar-refractivity contribution < 1.29 is 9.26 Å². The Morgan fingerprint density at radius 2 is 2.19 bits per heavy atom. The quantitative estimate of drug-likeness (QED) is 0.858. The van der Waals surface area contributed by atoms with Gasteiger partial charge >= 0.3 is 0 Å². The van der Waals surface area contributed by atoms with Crippen LogP contribution in [0, 0.1) is 0 Å². The molecule has 0 aliphatic carbocycles. The Morgan fingerprint density at radius 1 is 1.38 bits per heavy atom. The zero-order chi connectivity index (χ0) is 14.7. The average Bonchev–Trinajstić information content (AvgIpc) is 3.05. The monoisotopic (exact) mass is 306 g/mol. The Labute approximate surface area is 127 Å². The lowest BCUT2D eigenvalue weighted by Gasteiger charge is -2.29. The number of thioether (sulfide) groups is 1. The highest BCUT2D eigenvalue weighted by atomic mass is 32.2. The van der Waals surface area contributed by atoms with Crippen molar-refractivity contribution >= 4 is 11.8 Å². The number of ether oxygens (including phenoxy) is 1. The summed E-state index contributed by atoms with van der Waals surface area (Å²) in [4.78, 5) is 11.0. The van der Waals surface area contributed by atoms with E-state index in [1.54, 1.807) is 19.4 Å². The fourth-order valence-corrected chi connectivity index (χ4v) is 3.23. The van der Waals surface area contributed by atoms with E-state index >= 15 is 0 Å². The maximum Gasteiger partial charge on any atom is 0.244 e. The standard InChI is InChI=1S/C14H18N4O2S/c1-10(18-5-7-21-8-6-18)14-16-13(17-20-14)11-3-4-15-12(9-11)19-2/h3-4,9-10H,5-8H2,1-2H3/t10-/m1/s1. The van der Waals surface area contributed by atoms with E-state index in [4.69, 9.17) is 9.26 Å². The second kappa shape index (κ2) is 6.44. The molecule has 2 aromatic rings. The topological polar surface area (TPSA) is 64.3 Å². The molecule has 21 heavy (non-hydrogen) atoms. The number of methoxy groups -OCH3 is 1. The molecule has 0 amide bonds. The van der Waals surface area contributed by atoms with E-state index in [1.807, 2.05) is 17.8 Å². The lowest BCUT2D eigenvalue weighted by Crippen LogP contribution is -2.34. The number of pyridine rings is 1. The van der Waals surface area contributed by atoms with Gasteiger partial charge in [-0.3, -0.25) is 4.90 Å². The van der Waals surface area contributed by atoms with Crippen LogP contribution in [0.1, 0.15) is 18.9 Å². The molecule has 3 heterocycles. The first-order chi connectivity index (χ1) is 10.3. The number of nitrogens with zero attached hydrogens (tertiary/aromatic N) is 4. The summed E-state index contributed by atoms with van der Waals surface area (Å²) in [6, 6.07) is 3.80. The minimum Gasteiger partial charge on any atom is -0.481 e. The maximum absolute atomic E-state index is 5.44. The minimum absolute atomic E-state index is 0.149. The van der Waals surface area contributed by atoms with Gasteiger partial charge in [-0.15, -0.1) is 0 Å². The third-order valence-electron chi connectivity index (χ3n) is 3.59. The van der Waals surface area contributed by atoms with Gasteiger partial charge in [0.15, 0.2) is 0 Å². The van der Waals surface area contributed by atoms with Crippen LogP contribution in [-0.2, 0) is 0 Å². The van der Waals surface area contributed by atoms with Gasteiger partial charge in [0.05, 0.1) is 13.2 Å². The molecule has 2 aromatic heterocycles. The average molecular weight is 306 g/mol. The number of rotatable bonds is 4. The minimum atomic E-state index is 0.149. The summed E-state index contributed by atoms with van der Waals surface area (Å²) in [6.07, 6.45) is 1.68. The van der Waals surface area contributed by atoms with Crippen molar-refractivity contribution in [2.24, 2.45) is 0 Å². The van der Waals surface area contributed by atoms with Crippen LogP contribution in [0.3, 0.4) is 0 Å². The first-order valence-corrected chi connectivity index (χ1v) is 8.09. The van der Waals surface area contributed by atoms with Gasteiger partial charge in [-0.1, -0.05) is 5.16 Å². The molecule has 0 radical (unpaired) electrons. The van der Waals surface area contributed by atoms with Crippen molar-refractivity contribution in [1.29, 1.82) is 0 Å². The molecule has 0 unspecified atom stereocenters. The second-order valence-electron chi connectivity index (χ2n) is 4.87. The Morgan fingerprint density at radius 3 is 2.95 bits per heavy atom. The van der Waals surface area contributed by atoms with Gasteiger partial charge in [0.1, 0.15) is 0 Å². The highest BCUT2D eigenvalue weighted by Gasteiger charge is 2.23. The van der Waals surface area contributed by atoms with E-state index in [2.05, 4.69) is 26.9 Å². The fourth-order valence-electron chi connectivity index (χ4n) is 2.30. The largest absolute Gasteiger partial charge is 0.481 e. The highest BCUT2D eigenvalue weighted by Crippen LogP contribution is 2.25. The molecule has 0 N–H and O–H groups in total. The summed E-state index contributed by atoms with van der Waals surface area (Å²) in [7, 11) is 1.59. The molecule has 1 aliphatic rings. The molecule has 1 aliphatic heterocycles. The van der Waals surface area contributed by atoms with Gasteiger partial charge in [-0.2, -0.15) is 16.7 Å². The molecule has 3 rings (SSSR count). The molecule has 0 aromatic carbocycles. The summed E-state index contributed by atoms with van der Waals surface area (Å²) in [5.74, 6) is 4.09. The molecular weight excluding hydrogens is 288 g/mol. The van der Waals surface area contributed by atoms with E-state index in [0.717, 1.165) is 30.2 Å². The van der Waals surface area contributed by atoms with Crippen LogP contribution in [0.15, 0.2) is 22.9 Å². The van der Waals surface area contributed by atoms with Crippen molar-refractivity contribution in [3.8, 4) is 17.3 Å². The number of hydrogen-bond acceptors (Lipinski definition) is 7. The smallest absolute Gasteiger partial charge is 0.244 e. The third kappa shape index (κ3) is 3.19. The molecule has 0 spiro atoms. The summed E-state index contributed by atoms with van der Waals surface area (Å²) >= 11 is 1.99. The lowest BCUT2D eigenvalue weighted by molar-refractivity contribution is 0.189. The first kappa shape index (κ1) is 14.3. The molecule has 0 bridgehead atoms. The van der Waals surface area contributed by atoms with Crippen molar-refractivity contribution in [2.45, 2.75) is 13.0 Å². The van der Waals surface area contributed by atoms with Gasteiger partial charge < -0.3 is 9.26 Å². The molecule has 6 nitrogen and oxygen atoms in total. The maximum atomic E-state index is 5.44. The third-order valence-corrected chi connectivity index (χ3v) is 4.54. The molecular formula is C14H18N4O2S. The van der Waals surface area contributed by atoms with Gasteiger partial charge in [0, 0.05) is 42.4 Å². The summed E-state index contributed by atoms with van der Waals surface area (Å²) < 4.78 is 10.6. The van der Waals surface area contributed by atoms with Crippen molar-refractivity contribution in [3.63, 3.8) is 0 Å². The van der Waals surface area contributed by atoms with Crippen LogP contribution in [0.25, 0.3) is 11.4 Å². The molecule has 1 atom stereocenters. The Bertz CT molecular complexity index is 598. The number of hydrogen-bond donors (Lipinski definition) is 0. The van der Waals surface area contributed by atoms with E-state index in [1.165, 1.54) is 0 Å². The van der Waals surface area contributed by atoms with Gasteiger partial charge in [-0.05, 0) is 13.0 Å². The Hall–Kier alpha value is -1.60. The lowest BCUT2D eigenvalue weighted by atomic mass is 10.2. The van der Waals surface area contributed by atoms with Crippen LogP contribution in [0.2, 0.25) is 0 Å². The number of aromatic nitrogens is 3. The van der Waals surface area contributed by atoms with Crippen LogP contribution in [-0.4, -0.2) is 51.7 Å². The molecule has 1 fully saturated rings. The van der Waals surface area contributed by atoms with Crippen molar-refractivity contribution in [1.82, 2.24) is 20.0 Å². The zero-order valence-corrected chi connectivity index (χ0v) is 13.0. The van der Waals surface area contributed by atoms with Crippen LogP contribution < -0.4 is 4.74 Å². The van der Waals surface area contributed by atoms with Crippen molar-refractivity contribution in [3.05, 3.63) is 24.2 Å². The van der Waals surface area contributed by atoms with E-state index in [-0.39, 0.29) is 6.04 Å². The predicted molar refractivity (Wildman–Crippen MR) is 81.4 cm³/mol. The second-order valence-corrected chi connectivity index (χ2v) is 6.09. The van der Waals surface area contributed by atoms with Crippen LogP contribution in [0.5, 0.6) is 5.88 Å². The molecule has 7 heteroatoms. The molecule has 0 saturated carbocycles. The van der Waals surface area contributed by atoms with E-state index < -0.39 is 0 Å². The van der Waals surface area contributed by atoms with Gasteiger partial charge in [0.25, 0.3) is 0 Å². The van der Waals surface area contributed by atoms with Crippen LogP contribution in [0.4, 0.5) is 0 Å².